The Bertz CT molecular complexity index is 694. The number of nitrogens with one attached hydrogen (secondary N) is 1. The standard InChI is InChI=1S/C15H14N4O/c1-20-10-14-17-15(19-18-14)13-7-12(8-16-9-13)11-5-3-2-4-6-11/h2-9H,10H2,1H3,(H,17,18,19). The molecule has 0 aliphatic heterocycles. The number of methoxy groups -OCH3 is 1. The summed E-state index contributed by atoms with van der Waals surface area (Å²) >= 11 is 0. The summed E-state index contributed by atoms with van der Waals surface area (Å²) in [7, 11) is 1.62. The number of hydrogen-bond acceptors (Lipinski definition) is 4. The molecule has 1 N–H and O–H groups in total. The topological polar surface area (TPSA) is 63.7 Å². The molecule has 2 aromatic heterocycles. The number of hydrogen-bond donors (Lipinski definition) is 1. The van der Waals surface area contributed by atoms with Crippen molar-refractivity contribution in [2.45, 2.75) is 6.61 Å². The third kappa shape index (κ3) is 2.57. The highest BCUT2D eigenvalue weighted by molar-refractivity contribution is 5.68. The summed E-state index contributed by atoms with van der Waals surface area (Å²) in [5.74, 6) is 1.33. The van der Waals surface area contributed by atoms with E-state index in [-0.39, 0.29) is 0 Å². The van der Waals surface area contributed by atoms with Crippen LogP contribution >= 0.6 is 0 Å². The molecule has 3 rings (SSSR count). The summed E-state index contributed by atoms with van der Waals surface area (Å²) in [6.07, 6.45) is 3.59. The van der Waals surface area contributed by atoms with Crippen LogP contribution in [-0.2, 0) is 11.3 Å². The second-order valence-electron chi connectivity index (χ2n) is 4.37. The Hall–Kier alpha value is -2.53. The maximum atomic E-state index is 5.02. The van der Waals surface area contributed by atoms with E-state index in [4.69, 9.17) is 4.74 Å². The van der Waals surface area contributed by atoms with E-state index in [1.165, 1.54) is 0 Å². The van der Waals surface area contributed by atoms with Crippen LogP contribution in [0, 0.1) is 0 Å². The number of nitrogens with zero attached hydrogens (tertiary/aromatic N) is 3. The van der Waals surface area contributed by atoms with Crippen LogP contribution in [0.2, 0.25) is 0 Å². The van der Waals surface area contributed by atoms with Crippen molar-refractivity contribution >= 4 is 0 Å². The molecule has 0 radical (unpaired) electrons. The lowest BCUT2D eigenvalue weighted by molar-refractivity contribution is 0.178. The summed E-state index contributed by atoms with van der Waals surface area (Å²) < 4.78 is 5.02. The Labute approximate surface area is 116 Å². The lowest BCUT2D eigenvalue weighted by Crippen LogP contribution is -1.89. The molecule has 0 saturated heterocycles. The van der Waals surface area contributed by atoms with Crippen LogP contribution in [0.1, 0.15) is 5.82 Å². The number of aromatic amines is 1. The Morgan fingerprint density at radius 1 is 1.05 bits per heavy atom. The maximum absolute atomic E-state index is 5.02. The first-order valence-corrected chi connectivity index (χ1v) is 6.28. The summed E-state index contributed by atoms with van der Waals surface area (Å²) in [5.41, 5.74) is 3.04. The van der Waals surface area contributed by atoms with E-state index < -0.39 is 0 Å². The van der Waals surface area contributed by atoms with Crippen molar-refractivity contribution in [1.29, 1.82) is 0 Å². The molecular weight excluding hydrogens is 252 g/mol. The van der Waals surface area contributed by atoms with Gasteiger partial charge in [0.25, 0.3) is 0 Å². The lowest BCUT2D eigenvalue weighted by Gasteiger charge is -2.02. The molecule has 0 saturated carbocycles. The Balaban J connectivity index is 1.94. The molecule has 0 atom stereocenters. The second-order valence-corrected chi connectivity index (χ2v) is 4.37. The van der Waals surface area contributed by atoms with Gasteiger partial charge in [0.15, 0.2) is 11.6 Å². The fraction of sp³-hybridized carbons (Fsp3) is 0.133. The van der Waals surface area contributed by atoms with Gasteiger partial charge < -0.3 is 4.74 Å². The van der Waals surface area contributed by atoms with Crippen molar-refractivity contribution < 1.29 is 4.74 Å². The van der Waals surface area contributed by atoms with Gasteiger partial charge in [-0.1, -0.05) is 30.3 Å². The number of ether oxygens (including phenoxy) is 1. The first kappa shape index (κ1) is 12.5. The first-order chi connectivity index (χ1) is 9.86. The van der Waals surface area contributed by atoms with Crippen LogP contribution in [0.4, 0.5) is 0 Å². The zero-order valence-corrected chi connectivity index (χ0v) is 11.1. The highest BCUT2D eigenvalue weighted by atomic mass is 16.5. The van der Waals surface area contributed by atoms with Gasteiger partial charge in [-0.2, -0.15) is 5.10 Å². The van der Waals surface area contributed by atoms with E-state index in [1.807, 2.05) is 30.5 Å². The van der Waals surface area contributed by atoms with E-state index in [2.05, 4.69) is 32.3 Å². The van der Waals surface area contributed by atoms with Crippen LogP contribution < -0.4 is 0 Å². The quantitative estimate of drug-likeness (QED) is 0.788. The van der Waals surface area contributed by atoms with Gasteiger partial charge in [0.05, 0.1) is 0 Å². The van der Waals surface area contributed by atoms with E-state index in [0.717, 1.165) is 16.7 Å². The minimum Gasteiger partial charge on any atom is -0.377 e. The molecule has 5 heteroatoms. The average Bonchev–Trinajstić information content (AvgIpc) is 2.97. The normalized spacial score (nSPS) is 10.7. The van der Waals surface area contributed by atoms with Crippen molar-refractivity contribution in [1.82, 2.24) is 20.2 Å². The van der Waals surface area contributed by atoms with Crippen molar-refractivity contribution in [3.8, 4) is 22.5 Å². The minimum atomic E-state index is 0.415. The largest absolute Gasteiger partial charge is 0.377 e. The molecule has 20 heavy (non-hydrogen) atoms. The Kier molecular flexibility index (Phi) is 3.52. The zero-order valence-electron chi connectivity index (χ0n) is 11.1. The second kappa shape index (κ2) is 5.63. The van der Waals surface area contributed by atoms with Gasteiger partial charge in [-0.25, -0.2) is 4.98 Å². The predicted molar refractivity (Wildman–Crippen MR) is 75.8 cm³/mol. The van der Waals surface area contributed by atoms with Crippen molar-refractivity contribution in [3.05, 3.63) is 54.6 Å². The Morgan fingerprint density at radius 2 is 1.85 bits per heavy atom. The molecular formula is C15H14N4O. The molecule has 1 aromatic carbocycles. The molecule has 0 bridgehead atoms. The molecule has 0 aliphatic rings. The SMILES string of the molecule is COCc1nc(-c2cncc(-c3ccccc3)c2)n[nH]1. The van der Waals surface area contributed by atoms with Gasteiger partial charge in [0.1, 0.15) is 6.61 Å². The van der Waals surface area contributed by atoms with Gasteiger partial charge in [0, 0.05) is 30.6 Å². The molecule has 0 unspecified atom stereocenters. The van der Waals surface area contributed by atoms with Gasteiger partial charge in [-0.3, -0.25) is 10.1 Å². The number of aromatic nitrogens is 4. The van der Waals surface area contributed by atoms with E-state index >= 15 is 0 Å². The number of pyridine rings is 1. The molecule has 3 aromatic rings. The first-order valence-electron chi connectivity index (χ1n) is 6.28. The lowest BCUT2D eigenvalue weighted by atomic mass is 10.1. The highest BCUT2D eigenvalue weighted by Gasteiger charge is 2.07. The fourth-order valence-electron chi connectivity index (χ4n) is 1.98. The van der Waals surface area contributed by atoms with Crippen LogP contribution in [0.5, 0.6) is 0 Å². The molecule has 0 fully saturated rings. The van der Waals surface area contributed by atoms with Crippen LogP contribution in [0.3, 0.4) is 0 Å². The summed E-state index contributed by atoms with van der Waals surface area (Å²) in [4.78, 5) is 8.64. The van der Waals surface area contributed by atoms with Crippen LogP contribution in [-0.4, -0.2) is 27.3 Å². The third-order valence-electron chi connectivity index (χ3n) is 2.92. The van der Waals surface area contributed by atoms with Gasteiger partial charge in [-0.15, -0.1) is 0 Å². The fourth-order valence-corrected chi connectivity index (χ4v) is 1.98. The van der Waals surface area contributed by atoms with Gasteiger partial charge >= 0.3 is 0 Å². The van der Waals surface area contributed by atoms with Crippen molar-refractivity contribution in [2.24, 2.45) is 0 Å². The highest BCUT2D eigenvalue weighted by Crippen LogP contribution is 2.22. The average molecular weight is 266 g/mol. The monoisotopic (exact) mass is 266 g/mol. The molecule has 2 heterocycles. The smallest absolute Gasteiger partial charge is 0.182 e. The summed E-state index contributed by atoms with van der Waals surface area (Å²) in [6.45, 7) is 0.415. The van der Waals surface area contributed by atoms with Crippen LogP contribution in [0.15, 0.2) is 48.8 Å². The molecule has 0 aliphatic carbocycles. The summed E-state index contributed by atoms with van der Waals surface area (Å²) in [6, 6.07) is 12.1. The molecule has 5 nitrogen and oxygen atoms in total. The van der Waals surface area contributed by atoms with E-state index in [1.54, 1.807) is 13.3 Å². The molecule has 0 amide bonds. The molecule has 100 valence electrons. The van der Waals surface area contributed by atoms with E-state index in [9.17, 15) is 0 Å². The summed E-state index contributed by atoms with van der Waals surface area (Å²) in [5, 5.41) is 7.03. The molecule has 0 spiro atoms. The van der Waals surface area contributed by atoms with Gasteiger partial charge in [-0.05, 0) is 11.6 Å². The zero-order chi connectivity index (χ0) is 13.8. The maximum Gasteiger partial charge on any atom is 0.182 e. The minimum absolute atomic E-state index is 0.415. The number of H-pyrrole nitrogens is 1. The van der Waals surface area contributed by atoms with E-state index in [0.29, 0.717) is 18.3 Å². The number of rotatable bonds is 4. The van der Waals surface area contributed by atoms with Crippen molar-refractivity contribution in [2.75, 3.05) is 7.11 Å². The third-order valence-corrected chi connectivity index (χ3v) is 2.92. The van der Waals surface area contributed by atoms with Crippen LogP contribution in [0.25, 0.3) is 22.5 Å². The van der Waals surface area contributed by atoms with Crippen molar-refractivity contribution in [3.63, 3.8) is 0 Å². The number of benzene rings is 1. The van der Waals surface area contributed by atoms with Gasteiger partial charge in [0.2, 0.25) is 0 Å². The predicted octanol–water partition coefficient (Wildman–Crippen LogP) is 2.68. The Morgan fingerprint density at radius 3 is 2.65 bits per heavy atom.